The normalized spacial score (nSPS) is 13.4. The number of carbonyl (C=O) groups is 2. The highest BCUT2D eigenvalue weighted by Crippen LogP contribution is 2.36. The Morgan fingerprint density at radius 1 is 0.927 bits per heavy atom. The molecule has 1 aliphatic rings. The van der Waals surface area contributed by atoms with Crippen LogP contribution < -0.4 is 19.1 Å². The zero-order valence-electron chi connectivity index (χ0n) is 22.8. The average molecular weight is 621 g/mol. The molecule has 41 heavy (non-hydrogen) atoms. The van der Waals surface area contributed by atoms with Crippen LogP contribution in [0.1, 0.15) is 26.3 Å². The van der Waals surface area contributed by atoms with Gasteiger partial charge in [-0.2, -0.15) is 0 Å². The van der Waals surface area contributed by atoms with Crippen LogP contribution in [0.4, 0.5) is 5.69 Å². The summed E-state index contributed by atoms with van der Waals surface area (Å²) < 4.78 is 40.1. The van der Waals surface area contributed by atoms with Gasteiger partial charge in [0.2, 0.25) is 11.8 Å². The molecule has 1 aliphatic heterocycles. The number of rotatable bonds is 10. The van der Waals surface area contributed by atoms with Gasteiger partial charge in [0.25, 0.3) is 10.0 Å². The smallest absolute Gasteiger partial charge is 0.264 e. The van der Waals surface area contributed by atoms with E-state index in [0.717, 1.165) is 4.31 Å². The number of anilines is 1. The number of nitrogens with zero attached hydrogens (tertiary/aromatic N) is 2. The lowest BCUT2D eigenvalue weighted by molar-refractivity contribution is -0.139. The molecule has 0 unspecified atom stereocenters. The van der Waals surface area contributed by atoms with Gasteiger partial charge in [0.1, 0.15) is 25.8 Å². The molecule has 0 radical (unpaired) electrons. The molecule has 3 aromatic rings. The molecule has 0 bridgehead atoms. The molecule has 0 aromatic heterocycles. The predicted molar refractivity (Wildman–Crippen MR) is 158 cm³/mol. The van der Waals surface area contributed by atoms with Crippen molar-refractivity contribution in [2.75, 3.05) is 24.1 Å². The van der Waals surface area contributed by atoms with E-state index in [9.17, 15) is 18.0 Å². The molecule has 3 aromatic carbocycles. The molecular formula is C29H31Cl2N3O6S. The van der Waals surface area contributed by atoms with Crippen LogP contribution >= 0.6 is 23.2 Å². The summed E-state index contributed by atoms with van der Waals surface area (Å²) in [7, 11) is -4.22. The molecule has 0 saturated heterocycles. The first-order valence-corrected chi connectivity index (χ1v) is 15.2. The molecule has 1 N–H and O–H groups in total. The Balaban J connectivity index is 1.75. The summed E-state index contributed by atoms with van der Waals surface area (Å²) in [5.41, 5.74) is 0.751. The number of sulfonamides is 1. The second kappa shape index (κ2) is 13.0. The minimum Gasteiger partial charge on any atom is -0.486 e. The van der Waals surface area contributed by atoms with E-state index in [0.29, 0.717) is 40.3 Å². The van der Waals surface area contributed by atoms with Crippen LogP contribution in [0.3, 0.4) is 0 Å². The maximum atomic E-state index is 14.0. The largest absolute Gasteiger partial charge is 0.486 e. The third-order valence-corrected chi connectivity index (χ3v) is 8.75. The summed E-state index contributed by atoms with van der Waals surface area (Å²) in [6.45, 7) is 5.23. The van der Waals surface area contributed by atoms with Crippen molar-refractivity contribution in [1.29, 1.82) is 0 Å². The van der Waals surface area contributed by atoms with Crippen LogP contribution in [-0.4, -0.2) is 57.0 Å². The van der Waals surface area contributed by atoms with Crippen molar-refractivity contribution >= 4 is 50.7 Å². The van der Waals surface area contributed by atoms with Crippen molar-refractivity contribution in [3.63, 3.8) is 0 Å². The van der Waals surface area contributed by atoms with Gasteiger partial charge in [-0.15, -0.1) is 0 Å². The van der Waals surface area contributed by atoms with Crippen molar-refractivity contribution in [3.8, 4) is 11.5 Å². The predicted octanol–water partition coefficient (Wildman–Crippen LogP) is 4.90. The summed E-state index contributed by atoms with van der Waals surface area (Å²) in [6, 6.07) is 16.2. The van der Waals surface area contributed by atoms with Crippen molar-refractivity contribution in [3.05, 3.63) is 82.3 Å². The Bertz CT molecular complexity index is 1520. The minimum atomic E-state index is -4.22. The highest BCUT2D eigenvalue weighted by Gasteiger charge is 2.33. The first-order valence-electron chi connectivity index (χ1n) is 13.0. The fourth-order valence-corrected chi connectivity index (χ4v) is 6.15. The maximum Gasteiger partial charge on any atom is 0.264 e. The fraction of sp³-hybridized carbons (Fsp3) is 0.310. The molecule has 2 amide bonds. The number of nitrogens with one attached hydrogen (secondary N) is 1. The zero-order valence-corrected chi connectivity index (χ0v) is 25.2. The Labute approximate surface area is 250 Å². The fourth-order valence-electron chi connectivity index (χ4n) is 4.26. The highest BCUT2D eigenvalue weighted by molar-refractivity contribution is 7.92. The molecule has 218 valence electrons. The second-order valence-electron chi connectivity index (χ2n) is 9.75. The Kier molecular flexibility index (Phi) is 9.68. The second-order valence-corrected chi connectivity index (χ2v) is 12.5. The molecule has 0 saturated carbocycles. The molecule has 0 spiro atoms. The Morgan fingerprint density at radius 2 is 1.61 bits per heavy atom. The first-order chi connectivity index (χ1) is 19.5. The third kappa shape index (κ3) is 7.25. The minimum absolute atomic E-state index is 0.000541. The number of halogens is 2. The van der Waals surface area contributed by atoms with E-state index in [1.165, 1.54) is 23.1 Å². The number of carbonyl (C=O) groups excluding carboxylic acids is 2. The van der Waals surface area contributed by atoms with Gasteiger partial charge < -0.3 is 19.7 Å². The summed E-state index contributed by atoms with van der Waals surface area (Å²) in [5, 5.41) is 3.54. The topological polar surface area (TPSA) is 105 Å². The van der Waals surface area contributed by atoms with Crippen LogP contribution in [0.15, 0.2) is 71.6 Å². The maximum absolute atomic E-state index is 14.0. The van der Waals surface area contributed by atoms with Crippen molar-refractivity contribution in [1.82, 2.24) is 10.2 Å². The summed E-state index contributed by atoms with van der Waals surface area (Å²) in [6.07, 6.45) is 0. The average Bonchev–Trinajstić information content (AvgIpc) is 2.94. The van der Waals surface area contributed by atoms with Crippen LogP contribution in [0.5, 0.6) is 11.5 Å². The van der Waals surface area contributed by atoms with Gasteiger partial charge in [0, 0.05) is 28.7 Å². The van der Waals surface area contributed by atoms with E-state index in [2.05, 4.69) is 5.32 Å². The third-order valence-electron chi connectivity index (χ3n) is 6.38. The Morgan fingerprint density at radius 3 is 2.27 bits per heavy atom. The zero-order chi connectivity index (χ0) is 29.7. The lowest BCUT2D eigenvalue weighted by Crippen LogP contribution is -2.52. The van der Waals surface area contributed by atoms with Crippen LogP contribution in [0, 0.1) is 0 Å². The quantitative estimate of drug-likeness (QED) is 0.346. The summed E-state index contributed by atoms with van der Waals surface area (Å²) in [4.78, 5) is 28.4. The molecule has 0 aliphatic carbocycles. The van der Waals surface area contributed by atoms with Crippen molar-refractivity contribution in [2.45, 2.75) is 44.3 Å². The monoisotopic (exact) mass is 619 g/mol. The van der Waals surface area contributed by atoms with Crippen LogP contribution in [0.2, 0.25) is 10.0 Å². The van der Waals surface area contributed by atoms with E-state index >= 15 is 0 Å². The number of hydrogen-bond acceptors (Lipinski definition) is 6. The SMILES string of the molecule is CC(C)NC(=O)[C@H](C)N(Cc1ccc(Cl)cc1Cl)C(=O)CN(c1ccc2c(c1)OCCO2)S(=O)(=O)c1ccccc1. The molecular weight excluding hydrogens is 589 g/mol. The van der Waals surface area contributed by atoms with Gasteiger partial charge in [-0.25, -0.2) is 8.42 Å². The summed E-state index contributed by atoms with van der Waals surface area (Å²) >= 11 is 12.5. The molecule has 9 nitrogen and oxygen atoms in total. The van der Waals surface area contributed by atoms with E-state index in [4.69, 9.17) is 32.7 Å². The van der Waals surface area contributed by atoms with Crippen molar-refractivity contribution in [2.24, 2.45) is 0 Å². The van der Waals surface area contributed by atoms with Gasteiger partial charge in [0.05, 0.1) is 10.6 Å². The van der Waals surface area contributed by atoms with Gasteiger partial charge in [-0.3, -0.25) is 13.9 Å². The van der Waals surface area contributed by atoms with E-state index in [1.54, 1.807) is 55.5 Å². The van der Waals surface area contributed by atoms with Gasteiger partial charge in [0.15, 0.2) is 11.5 Å². The number of benzene rings is 3. The highest BCUT2D eigenvalue weighted by atomic mass is 35.5. The number of amides is 2. The molecule has 1 heterocycles. The van der Waals surface area contributed by atoms with Gasteiger partial charge in [-0.05, 0) is 62.7 Å². The Hall–Kier alpha value is -3.47. The lowest BCUT2D eigenvalue weighted by Gasteiger charge is -2.32. The van der Waals surface area contributed by atoms with E-state index < -0.39 is 34.4 Å². The summed E-state index contributed by atoms with van der Waals surface area (Å²) in [5.74, 6) is -0.169. The molecule has 0 fully saturated rings. The molecule has 12 heteroatoms. The number of fused-ring (bicyclic) bond motifs is 1. The van der Waals surface area contributed by atoms with Crippen LogP contribution in [0.25, 0.3) is 0 Å². The van der Waals surface area contributed by atoms with Crippen molar-refractivity contribution < 1.29 is 27.5 Å². The van der Waals surface area contributed by atoms with E-state index in [1.807, 2.05) is 13.8 Å². The lowest BCUT2D eigenvalue weighted by atomic mass is 10.1. The number of hydrogen-bond donors (Lipinski definition) is 1. The van der Waals surface area contributed by atoms with Gasteiger partial charge >= 0.3 is 0 Å². The molecule has 1 atom stereocenters. The number of ether oxygens (including phenoxy) is 2. The molecule has 4 rings (SSSR count). The standard InChI is InChI=1S/C29H31Cl2N3O6S/c1-19(2)32-29(36)20(3)33(17-21-9-10-22(30)15-25(21)31)28(35)18-34(41(37,38)24-7-5-4-6-8-24)23-11-12-26-27(16-23)40-14-13-39-26/h4-12,15-16,19-20H,13-14,17-18H2,1-3H3,(H,32,36)/t20-/m0/s1. The van der Waals surface area contributed by atoms with Gasteiger partial charge in [-0.1, -0.05) is 47.5 Å². The van der Waals surface area contributed by atoms with Crippen LogP contribution in [-0.2, 0) is 26.2 Å². The van der Waals surface area contributed by atoms with E-state index in [-0.39, 0.29) is 23.2 Å². The first kappa shape index (κ1) is 30.5.